The Labute approximate surface area is 137 Å². The van der Waals surface area contributed by atoms with Gasteiger partial charge in [0.05, 0.1) is 25.2 Å². The average molecular weight is 315 g/mol. The largest absolute Gasteiger partial charge is 0.393 e. The van der Waals surface area contributed by atoms with Crippen molar-refractivity contribution in [3.05, 3.63) is 53.6 Å². The summed E-state index contributed by atoms with van der Waals surface area (Å²) in [5, 5.41) is 10.0. The van der Waals surface area contributed by atoms with Gasteiger partial charge in [0, 0.05) is 39.3 Å². The lowest BCUT2D eigenvalue weighted by Crippen LogP contribution is -2.55. The molecule has 0 bridgehead atoms. The zero-order chi connectivity index (χ0) is 16.3. The van der Waals surface area contributed by atoms with Crippen molar-refractivity contribution < 1.29 is 9.84 Å². The van der Waals surface area contributed by atoms with Crippen LogP contribution in [0.15, 0.2) is 36.8 Å². The van der Waals surface area contributed by atoms with Gasteiger partial charge in [-0.25, -0.2) is 4.98 Å². The first-order chi connectivity index (χ1) is 11.1. The molecule has 5 heteroatoms. The van der Waals surface area contributed by atoms with Crippen LogP contribution in [0.1, 0.15) is 16.8 Å². The van der Waals surface area contributed by atoms with E-state index < -0.39 is 5.60 Å². The van der Waals surface area contributed by atoms with E-state index in [2.05, 4.69) is 28.9 Å². The van der Waals surface area contributed by atoms with Crippen molar-refractivity contribution in [2.75, 3.05) is 26.3 Å². The molecule has 0 spiro atoms. The molecular formula is C18H25N3O2. The van der Waals surface area contributed by atoms with E-state index in [9.17, 15) is 5.11 Å². The molecular weight excluding hydrogens is 290 g/mol. The molecule has 1 fully saturated rings. The van der Waals surface area contributed by atoms with Crippen molar-refractivity contribution in [1.82, 2.24) is 14.5 Å². The van der Waals surface area contributed by atoms with E-state index >= 15 is 0 Å². The quantitative estimate of drug-likeness (QED) is 0.909. The van der Waals surface area contributed by atoms with Crippen LogP contribution in [0.3, 0.4) is 0 Å². The molecule has 1 aliphatic heterocycles. The molecule has 2 heterocycles. The van der Waals surface area contributed by atoms with E-state index in [0.717, 1.165) is 25.2 Å². The van der Waals surface area contributed by atoms with E-state index in [1.165, 1.54) is 11.1 Å². The van der Waals surface area contributed by atoms with Crippen LogP contribution in [0, 0.1) is 6.92 Å². The first kappa shape index (κ1) is 16.2. The van der Waals surface area contributed by atoms with Crippen LogP contribution in [0.2, 0.25) is 0 Å². The maximum atomic E-state index is 10.0. The van der Waals surface area contributed by atoms with Gasteiger partial charge < -0.3 is 14.4 Å². The fraction of sp³-hybridized carbons (Fsp3) is 0.500. The zero-order valence-electron chi connectivity index (χ0n) is 13.9. The highest BCUT2D eigenvalue weighted by atomic mass is 16.5. The second kappa shape index (κ2) is 6.83. The lowest BCUT2D eigenvalue weighted by Gasteiger charge is -2.42. The van der Waals surface area contributed by atoms with Crippen molar-refractivity contribution in [1.29, 1.82) is 0 Å². The first-order valence-electron chi connectivity index (χ1n) is 8.09. The Morgan fingerprint density at radius 1 is 1.35 bits per heavy atom. The van der Waals surface area contributed by atoms with Gasteiger partial charge in [-0.3, -0.25) is 4.90 Å². The molecule has 1 aliphatic rings. The molecule has 3 rings (SSSR count). The number of aliphatic hydroxyl groups is 1. The Bertz CT molecular complexity index is 655. The molecule has 124 valence electrons. The number of aromatic nitrogens is 2. The number of aryl methyl sites for hydroxylation is 2. The number of aliphatic hydroxyl groups excluding tert-OH is 1. The predicted molar refractivity (Wildman–Crippen MR) is 89.1 cm³/mol. The minimum absolute atomic E-state index is 0.0278. The van der Waals surface area contributed by atoms with Crippen LogP contribution in [-0.4, -0.2) is 51.5 Å². The number of hydrogen-bond acceptors (Lipinski definition) is 4. The second-order valence-electron chi connectivity index (χ2n) is 6.53. The van der Waals surface area contributed by atoms with Crippen molar-refractivity contribution in [3.8, 4) is 0 Å². The molecule has 1 aromatic carbocycles. The summed E-state index contributed by atoms with van der Waals surface area (Å²) < 4.78 is 7.99. The third kappa shape index (κ3) is 3.80. The molecule has 2 aromatic rings. The van der Waals surface area contributed by atoms with Crippen LogP contribution >= 0.6 is 0 Å². The van der Waals surface area contributed by atoms with E-state index in [1.54, 1.807) is 0 Å². The Balaban J connectivity index is 1.72. The minimum atomic E-state index is -0.529. The number of nitrogens with zero attached hydrogens (tertiary/aromatic N) is 3. The first-order valence-corrected chi connectivity index (χ1v) is 8.09. The molecule has 0 radical (unpaired) electrons. The number of rotatable bonds is 5. The van der Waals surface area contributed by atoms with Crippen LogP contribution in [0.5, 0.6) is 0 Å². The molecule has 1 unspecified atom stereocenters. The fourth-order valence-corrected chi connectivity index (χ4v) is 3.25. The van der Waals surface area contributed by atoms with Gasteiger partial charge >= 0.3 is 0 Å². The third-order valence-electron chi connectivity index (χ3n) is 4.53. The summed E-state index contributed by atoms with van der Waals surface area (Å²) in [6, 6.07) is 8.31. The monoisotopic (exact) mass is 315 g/mol. The maximum absolute atomic E-state index is 10.0. The summed E-state index contributed by atoms with van der Waals surface area (Å²) in [7, 11) is 1.98. The van der Waals surface area contributed by atoms with Crippen molar-refractivity contribution >= 4 is 0 Å². The Morgan fingerprint density at radius 2 is 2.17 bits per heavy atom. The molecule has 1 N–H and O–H groups in total. The van der Waals surface area contributed by atoms with Crippen LogP contribution < -0.4 is 0 Å². The van der Waals surface area contributed by atoms with Gasteiger partial charge in [0.1, 0.15) is 5.60 Å². The molecule has 5 nitrogen and oxygen atoms in total. The highest BCUT2D eigenvalue weighted by molar-refractivity contribution is 5.27. The number of imidazole rings is 1. The number of hydrogen-bond donors (Lipinski definition) is 1. The summed E-state index contributed by atoms with van der Waals surface area (Å²) in [6.07, 6.45) is 4.59. The van der Waals surface area contributed by atoms with Crippen LogP contribution in [0.25, 0.3) is 0 Å². The molecule has 0 saturated carbocycles. The summed E-state index contributed by atoms with van der Waals surface area (Å²) in [5.74, 6) is 0. The highest BCUT2D eigenvalue weighted by Crippen LogP contribution is 2.25. The number of morpholine rings is 1. The summed E-state index contributed by atoms with van der Waals surface area (Å²) >= 11 is 0. The maximum Gasteiger partial charge on any atom is 0.108 e. The van der Waals surface area contributed by atoms with Crippen molar-refractivity contribution in [2.24, 2.45) is 7.05 Å². The average Bonchev–Trinajstić information content (AvgIpc) is 2.95. The predicted octanol–water partition coefficient (Wildman–Crippen LogP) is 1.53. The van der Waals surface area contributed by atoms with E-state index in [-0.39, 0.29) is 6.61 Å². The normalized spacial score (nSPS) is 22.4. The standard InChI is InChI=1S/C18H25N3O2/c1-15-5-3-4-6-16(15)9-18(13-22)12-21(7-8-23-18)11-17-10-20(2)14-19-17/h3-6,10,14,22H,7-9,11-13H2,1-2H3. The van der Waals surface area contributed by atoms with Crippen LogP contribution in [-0.2, 0) is 24.8 Å². The van der Waals surface area contributed by atoms with Gasteiger partial charge in [-0.15, -0.1) is 0 Å². The number of benzene rings is 1. The smallest absolute Gasteiger partial charge is 0.108 e. The molecule has 1 aromatic heterocycles. The van der Waals surface area contributed by atoms with Gasteiger partial charge in [-0.05, 0) is 18.1 Å². The van der Waals surface area contributed by atoms with Crippen LogP contribution in [0.4, 0.5) is 0 Å². The molecule has 0 amide bonds. The Kier molecular flexibility index (Phi) is 4.80. The fourth-order valence-electron chi connectivity index (χ4n) is 3.25. The van der Waals surface area contributed by atoms with E-state index in [0.29, 0.717) is 13.2 Å². The van der Waals surface area contributed by atoms with Crippen molar-refractivity contribution in [2.45, 2.75) is 25.5 Å². The molecule has 23 heavy (non-hydrogen) atoms. The molecule has 1 atom stereocenters. The van der Waals surface area contributed by atoms with Gasteiger partial charge in [0.2, 0.25) is 0 Å². The van der Waals surface area contributed by atoms with Crippen molar-refractivity contribution in [3.63, 3.8) is 0 Å². The Morgan fingerprint density at radius 3 is 2.87 bits per heavy atom. The highest BCUT2D eigenvalue weighted by Gasteiger charge is 2.36. The summed E-state index contributed by atoms with van der Waals surface area (Å²) in [5.41, 5.74) is 3.00. The Hall–Kier alpha value is -1.69. The van der Waals surface area contributed by atoms with Gasteiger partial charge in [0.15, 0.2) is 0 Å². The zero-order valence-corrected chi connectivity index (χ0v) is 13.9. The second-order valence-corrected chi connectivity index (χ2v) is 6.53. The molecule has 1 saturated heterocycles. The summed E-state index contributed by atoms with van der Waals surface area (Å²) in [6.45, 7) is 5.15. The minimum Gasteiger partial charge on any atom is -0.393 e. The lowest BCUT2D eigenvalue weighted by molar-refractivity contribution is -0.134. The SMILES string of the molecule is Cc1ccccc1CC1(CO)CN(Cc2cn(C)cn2)CCO1. The number of ether oxygens (including phenoxy) is 1. The topological polar surface area (TPSA) is 50.5 Å². The third-order valence-corrected chi connectivity index (χ3v) is 4.53. The van der Waals surface area contributed by atoms with E-state index in [4.69, 9.17) is 4.74 Å². The van der Waals surface area contributed by atoms with Gasteiger partial charge in [-0.1, -0.05) is 24.3 Å². The summed E-state index contributed by atoms with van der Waals surface area (Å²) in [4.78, 5) is 6.72. The molecule has 0 aliphatic carbocycles. The van der Waals surface area contributed by atoms with E-state index in [1.807, 2.05) is 36.3 Å². The van der Waals surface area contributed by atoms with Gasteiger partial charge in [0.25, 0.3) is 0 Å². The lowest BCUT2D eigenvalue weighted by atomic mass is 9.91. The van der Waals surface area contributed by atoms with Gasteiger partial charge in [-0.2, -0.15) is 0 Å².